The van der Waals surface area contributed by atoms with Gasteiger partial charge < -0.3 is 22.8 Å². The van der Waals surface area contributed by atoms with E-state index >= 15 is 0 Å². The van der Waals surface area contributed by atoms with Crippen molar-refractivity contribution >= 4 is 109 Å². The lowest BCUT2D eigenvalue weighted by molar-refractivity contribution is 0.664. The largest absolute Gasteiger partial charge is 0.309 e. The molecule has 0 fully saturated rings. The van der Waals surface area contributed by atoms with E-state index in [1.807, 2.05) is 0 Å². The topological polar surface area (TPSA) is 24.6 Å². The molecule has 0 atom stereocenters. The summed E-state index contributed by atoms with van der Waals surface area (Å²) in [6.45, 7) is 11.3. The van der Waals surface area contributed by atoms with E-state index in [2.05, 4.69) is 373 Å². The van der Waals surface area contributed by atoms with E-state index in [1.54, 1.807) is 0 Å². The average Bonchev–Trinajstić information content (AvgIpc) is 1.56. The molecule has 14 aromatic carbocycles. The van der Waals surface area contributed by atoms with Crippen LogP contribution in [-0.4, -0.2) is 22.8 Å². The molecule has 0 radical (unpaired) electrons. The fourth-order valence-corrected chi connectivity index (χ4v) is 16.1. The highest BCUT2D eigenvalue weighted by molar-refractivity contribution is 6.27. The van der Waals surface area contributed by atoms with Crippen LogP contribution in [0.5, 0.6) is 0 Å². The third-order valence-electron chi connectivity index (χ3n) is 20.1. The van der Waals surface area contributed by atoms with Gasteiger partial charge in [0.15, 0.2) is 0 Å². The standard InChI is InChI=1S/2C31H22N2.C28H23N/c1-21-16-19-29-27(20-21)26-18-17-25-24-14-8-9-15-28(24)32(22-10-4-2-5-11-22)30(25)31(26)33(29)23-12-6-3-7-13-23;1-21-16-18-28-26(20-21)24-17-19-29-30(31(24)33(28)23-12-6-3-7-13-23)25-14-8-9-15-27(25)32(29)22-10-4-2-5-11-22;1-18-13-16-25-23(17-18)22-15-14-21-20-11-7-8-12-24(20)28(2,3)26(21)27(22)29(25)19-9-5-4-6-10-19/h2*2-20H,1H3;4-17H,1-3H3. The van der Waals surface area contributed by atoms with Gasteiger partial charge in [-0.2, -0.15) is 0 Å². The van der Waals surface area contributed by atoms with Crippen molar-refractivity contribution in [2.45, 2.75) is 40.0 Å². The Hall–Kier alpha value is -11.9. The molecule has 95 heavy (non-hydrogen) atoms. The van der Waals surface area contributed by atoms with Crippen molar-refractivity contribution in [3.8, 4) is 39.6 Å². The number of aromatic nitrogens is 5. The van der Waals surface area contributed by atoms with E-state index in [4.69, 9.17) is 0 Å². The highest BCUT2D eigenvalue weighted by atomic mass is 15.1. The van der Waals surface area contributed by atoms with Crippen LogP contribution < -0.4 is 0 Å². The van der Waals surface area contributed by atoms with Crippen molar-refractivity contribution in [3.05, 3.63) is 343 Å². The molecule has 0 saturated carbocycles. The number of hydrogen-bond donors (Lipinski definition) is 0. The van der Waals surface area contributed by atoms with Gasteiger partial charge in [0.2, 0.25) is 0 Å². The van der Waals surface area contributed by atoms with Gasteiger partial charge in [-0.3, -0.25) is 0 Å². The second-order valence-corrected chi connectivity index (χ2v) is 26.2. The first-order chi connectivity index (χ1) is 46.7. The zero-order valence-corrected chi connectivity index (χ0v) is 53.8. The molecule has 0 saturated heterocycles. The van der Waals surface area contributed by atoms with Crippen LogP contribution in [0.4, 0.5) is 0 Å². The van der Waals surface area contributed by atoms with Gasteiger partial charge in [0.1, 0.15) is 0 Å². The Bertz CT molecular complexity index is 6230. The molecule has 1 aliphatic carbocycles. The number of hydrogen-bond acceptors (Lipinski definition) is 0. The van der Waals surface area contributed by atoms with Crippen LogP contribution >= 0.6 is 0 Å². The highest BCUT2D eigenvalue weighted by Gasteiger charge is 2.38. The first kappa shape index (κ1) is 55.9. The Morgan fingerprint density at radius 2 is 0.547 bits per heavy atom. The molecule has 5 heterocycles. The maximum Gasteiger partial charge on any atom is 0.0788 e. The molecule has 0 bridgehead atoms. The number of aryl methyl sites for hydroxylation is 3. The Kier molecular flexibility index (Phi) is 12.9. The molecular weight excluding hydrogens is 1150 g/mol. The highest BCUT2D eigenvalue weighted by Crippen LogP contribution is 2.53. The van der Waals surface area contributed by atoms with E-state index in [-0.39, 0.29) is 5.41 Å². The second-order valence-electron chi connectivity index (χ2n) is 26.2. The van der Waals surface area contributed by atoms with Gasteiger partial charge in [0.25, 0.3) is 0 Å². The number of nitrogens with zero attached hydrogens (tertiary/aromatic N) is 5. The second kappa shape index (κ2) is 21.9. The van der Waals surface area contributed by atoms with Crippen molar-refractivity contribution in [2.75, 3.05) is 0 Å². The summed E-state index contributed by atoms with van der Waals surface area (Å²) in [5.41, 5.74) is 27.9. The Balaban J connectivity index is 0.000000105. The quantitative estimate of drug-likeness (QED) is 0.164. The molecule has 20 rings (SSSR count). The monoisotopic (exact) mass is 1220 g/mol. The minimum absolute atomic E-state index is 0.0403. The number of fused-ring (bicyclic) bond motifs is 21. The van der Waals surface area contributed by atoms with Gasteiger partial charge in [0, 0.05) is 87.7 Å². The van der Waals surface area contributed by atoms with Gasteiger partial charge in [-0.1, -0.05) is 231 Å². The predicted molar refractivity (Wildman–Crippen MR) is 403 cm³/mol. The zero-order chi connectivity index (χ0) is 63.6. The van der Waals surface area contributed by atoms with Gasteiger partial charge in [-0.15, -0.1) is 0 Å². The predicted octanol–water partition coefficient (Wildman–Crippen LogP) is 23.8. The van der Waals surface area contributed by atoms with Crippen LogP contribution in [0, 0.1) is 20.8 Å². The van der Waals surface area contributed by atoms with Crippen LogP contribution in [0.3, 0.4) is 0 Å². The van der Waals surface area contributed by atoms with Crippen molar-refractivity contribution < 1.29 is 0 Å². The number of rotatable bonds is 5. The molecule has 0 amide bonds. The third kappa shape index (κ3) is 8.62. The van der Waals surface area contributed by atoms with E-state index in [1.165, 1.54) is 176 Å². The smallest absolute Gasteiger partial charge is 0.0788 e. The first-order valence-electron chi connectivity index (χ1n) is 33.1. The van der Waals surface area contributed by atoms with E-state index in [0.717, 1.165) is 0 Å². The van der Waals surface area contributed by atoms with Crippen molar-refractivity contribution in [3.63, 3.8) is 0 Å². The van der Waals surface area contributed by atoms with Crippen molar-refractivity contribution in [1.29, 1.82) is 0 Å². The molecule has 452 valence electrons. The summed E-state index contributed by atoms with van der Waals surface area (Å²) in [4.78, 5) is 0. The van der Waals surface area contributed by atoms with Crippen LogP contribution in [-0.2, 0) is 5.41 Å². The minimum atomic E-state index is -0.0403. The van der Waals surface area contributed by atoms with Crippen LogP contribution in [0.1, 0.15) is 41.7 Å². The molecule has 5 heteroatoms. The van der Waals surface area contributed by atoms with Crippen LogP contribution in [0.2, 0.25) is 0 Å². The van der Waals surface area contributed by atoms with Crippen LogP contribution in [0.25, 0.3) is 149 Å². The molecule has 5 aromatic heterocycles. The molecule has 5 nitrogen and oxygen atoms in total. The summed E-state index contributed by atoms with van der Waals surface area (Å²) < 4.78 is 12.2. The zero-order valence-electron chi connectivity index (χ0n) is 53.8. The number of benzene rings is 14. The normalized spacial score (nSPS) is 12.6. The van der Waals surface area contributed by atoms with E-state index in [9.17, 15) is 0 Å². The molecular formula is C90H67N5. The molecule has 0 N–H and O–H groups in total. The van der Waals surface area contributed by atoms with E-state index < -0.39 is 0 Å². The SMILES string of the molecule is Cc1ccc2c(c1)c1ccc3c(c1n2-c1ccccc1)C(C)(C)c1ccccc1-3.Cc1ccc2c(c1)c1ccc3c(c4ccccc4n3-c3ccccc3)c1n2-c1ccccc1.Cc1ccc2c(c1)c1ccc3c4ccccc4n(-c4ccccc4)c3c1n2-c1ccccc1. The molecule has 1 aliphatic rings. The maximum atomic E-state index is 2.47. The Morgan fingerprint density at radius 3 is 1.04 bits per heavy atom. The fourth-order valence-electron chi connectivity index (χ4n) is 16.1. The van der Waals surface area contributed by atoms with Crippen molar-refractivity contribution in [1.82, 2.24) is 22.8 Å². The Morgan fingerprint density at radius 1 is 0.221 bits per heavy atom. The van der Waals surface area contributed by atoms with Crippen LogP contribution in [0.15, 0.2) is 315 Å². The maximum absolute atomic E-state index is 2.47. The van der Waals surface area contributed by atoms with Gasteiger partial charge in [0.05, 0.1) is 55.2 Å². The summed E-state index contributed by atoms with van der Waals surface area (Å²) in [5, 5.41) is 13.0. The minimum Gasteiger partial charge on any atom is -0.309 e. The molecule has 0 spiro atoms. The first-order valence-corrected chi connectivity index (χ1v) is 33.1. The average molecular weight is 1220 g/mol. The van der Waals surface area contributed by atoms with Crippen molar-refractivity contribution in [2.24, 2.45) is 0 Å². The molecule has 0 aliphatic heterocycles. The summed E-state index contributed by atoms with van der Waals surface area (Å²) in [5.74, 6) is 0. The lowest BCUT2D eigenvalue weighted by Crippen LogP contribution is -2.16. The molecule has 0 unspecified atom stereocenters. The lowest BCUT2D eigenvalue weighted by Gasteiger charge is -2.23. The third-order valence-corrected chi connectivity index (χ3v) is 20.1. The lowest BCUT2D eigenvalue weighted by atomic mass is 9.81. The summed E-state index contributed by atoms with van der Waals surface area (Å²) in [7, 11) is 0. The van der Waals surface area contributed by atoms with E-state index in [0.29, 0.717) is 0 Å². The van der Waals surface area contributed by atoms with Gasteiger partial charge in [-0.25, -0.2) is 0 Å². The summed E-state index contributed by atoms with van der Waals surface area (Å²) >= 11 is 0. The number of para-hydroxylation sites is 7. The fraction of sp³-hybridized carbons (Fsp3) is 0.0667. The summed E-state index contributed by atoms with van der Waals surface area (Å²) in [6, 6.07) is 114. The van der Waals surface area contributed by atoms with Gasteiger partial charge >= 0.3 is 0 Å². The van der Waals surface area contributed by atoms with Gasteiger partial charge in [-0.05, 0) is 158 Å². The summed E-state index contributed by atoms with van der Waals surface area (Å²) in [6.07, 6.45) is 0. The molecule has 19 aromatic rings. The Labute approximate surface area is 551 Å².